The van der Waals surface area contributed by atoms with Crippen LogP contribution in [0.1, 0.15) is 130 Å². The number of methoxy groups -OCH3 is 4. The van der Waals surface area contributed by atoms with Crippen LogP contribution in [0.2, 0.25) is 0 Å². The summed E-state index contributed by atoms with van der Waals surface area (Å²) >= 11 is 0. The first-order valence-corrected chi connectivity index (χ1v) is 37.4. The molecule has 1 aliphatic rings. The van der Waals surface area contributed by atoms with Crippen LogP contribution in [-0.2, 0) is 24.4 Å². The number of alkyl halides is 6. The third kappa shape index (κ3) is 60.5. The van der Waals surface area contributed by atoms with Gasteiger partial charge in [-0.3, -0.25) is 0 Å². The number of fused-ring (bicyclic) bond motifs is 3. The van der Waals surface area contributed by atoms with Crippen LogP contribution in [0.5, 0.6) is 0 Å². The van der Waals surface area contributed by atoms with Gasteiger partial charge in [0.25, 0.3) is 0 Å². The van der Waals surface area contributed by atoms with Gasteiger partial charge in [0.2, 0.25) is 0 Å². The van der Waals surface area contributed by atoms with Crippen molar-refractivity contribution in [2.75, 3.05) is 56.9 Å². The minimum absolute atomic E-state index is 0.104. The summed E-state index contributed by atoms with van der Waals surface area (Å²) in [5, 5.41) is 0. The number of hydrogen-bond acceptors (Lipinski definition) is 4. The van der Waals surface area contributed by atoms with E-state index >= 15 is 0 Å². The zero-order chi connectivity index (χ0) is 85.2. The fourth-order valence-electron chi connectivity index (χ4n) is 7.87. The summed E-state index contributed by atoms with van der Waals surface area (Å²) in [7, 11) is 13.0. The zero-order valence-electron chi connectivity index (χ0n) is 71.4. The molecule has 0 saturated heterocycles. The molecular formula is C101H136F6O4. The van der Waals surface area contributed by atoms with Gasteiger partial charge in [-0.05, 0) is 66.5 Å². The van der Waals surface area contributed by atoms with E-state index in [-0.39, 0.29) is 19.3 Å². The summed E-state index contributed by atoms with van der Waals surface area (Å²) in [4.78, 5) is 0. The van der Waals surface area contributed by atoms with E-state index in [1.54, 1.807) is 56.9 Å². The fraction of sp³-hybridized carbons (Fsp3) is 0.287. The van der Waals surface area contributed by atoms with E-state index in [0.29, 0.717) is 5.41 Å². The molecule has 0 radical (unpaired) electrons. The van der Waals surface area contributed by atoms with E-state index in [4.69, 9.17) is 0 Å². The van der Waals surface area contributed by atoms with Gasteiger partial charge in [-0.25, -0.2) is 0 Å². The van der Waals surface area contributed by atoms with Crippen molar-refractivity contribution < 1.29 is 45.3 Å². The molecule has 13 rings (SSSR count). The minimum atomic E-state index is -5.24. The molecule has 0 spiro atoms. The number of aryl methyl sites for hydroxylation is 2. The van der Waals surface area contributed by atoms with Crippen molar-refractivity contribution in [2.45, 2.75) is 129 Å². The Kier molecular flexibility index (Phi) is 78.9. The minimum Gasteiger partial charge on any atom is -0.388 e. The third-order valence-corrected chi connectivity index (χ3v) is 12.7. The van der Waals surface area contributed by atoms with E-state index in [1.807, 2.05) is 347 Å². The van der Waals surface area contributed by atoms with Crippen molar-refractivity contribution >= 4 is 0 Å². The molecule has 111 heavy (non-hydrogen) atoms. The molecule has 0 unspecified atom stereocenters. The maximum Gasteiger partial charge on any atom is 0.402 e. The number of halogens is 6. The van der Waals surface area contributed by atoms with Gasteiger partial charge in [-0.2, -0.15) is 26.3 Å². The molecule has 0 heterocycles. The summed E-state index contributed by atoms with van der Waals surface area (Å²) in [5.74, 6) is 0. The van der Waals surface area contributed by atoms with E-state index in [1.165, 1.54) is 44.5 Å². The van der Waals surface area contributed by atoms with Crippen LogP contribution in [0, 0.1) is 24.7 Å². The third-order valence-electron chi connectivity index (χ3n) is 12.7. The molecule has 0 bridgehead atoms. The smallest absolute Gasteiger partial charge is 0.388 e. The molecule has 10 heteroatoms. The molecule has 0 atom stereocenters. The van der Waals surface area contributed by atoms with Crippen molar-refractivity contribution in [1.82, 2.24) is 0 Å². The molecule has 0 N–H and O–H groups in total. The van der Waals surface area contributed by atoms with Crippen LogP contribution in [-0.4, -0.2) is 69.2 Å². The second-order valence-corrected chi connectivity index (χ2v) is 24.1. The maximum atomic E-state index is 11.6. The second kappa shape index (κ2) is 78.2. The van der Waals surface area contributed by atoms with Gasteiger partial charge in [-0.1, -0.05) is 482 Å². The predicted molar refractivity (Wildman–Crippen MR) is 473 cm³/mol. The summed E-state index contributed by atoms with van der Waals surface area (Å²) in [6.45, 7) is 29.3. The molecule has 12 aromatic rings. The topological polar surface area (TPSA) is 36.9 Å². The van der Waals surface area contributed by atoms with E-state index < -0.39 is 17.8 Å². The van der Waals surface area contributed by atoms with Crippen molar-refractivity contribution in [2.24, 2.45) is 10.8 Å². The van der Waals surface area contributed by atoms with Gasteiger partial charge in [0.05, 0.1) is 5.41 Å². The monoisotopic (exact) mass is 1530 g/mol. The van der Waals surface area contributed by atoms with Crippen molar-refractivity contribution in [3.63, 3.8) is 0 Å². The van der Waals surface area contributed by atoms with Crippen LogP contribution in [0.25, 0.3) is 11.1 Å². The van der Waals surface area contributed by atoms with Gasteiger partial charge >= 0.3 is 12.4 Å². The number of ether oxygens (including phenoxy) is 4. The fourth-order valence-corrected chi connectivity index (χ4v) is 7.87. The highest BCUT2D eigenvalue weighted by atomic mass is 19.4. The average Bonchev–Trinajstić information content (AvgIpc) is 1.55. The maximum absolute atomic E-state index is 11.6. The Bertz CT molecular complexity index is 2920. The van der Waals surface area contributed by atoms with Crippen LogP contribution in [0.3, 0.4) is 0 Å². The molecule has 0 aliphatic heterocycles. The first kappa shape index (κ1) is 112. The Morgan fingerprint density at radius 3 is 0.432 bits per heavy atom. The summed E-state index contributed by atoms with van der Waals surface area (Å²) in [6.07, 6.45) is -10.5. The second-order valence-electron chi connectivity index (χ2n) is 24.1. The molecule has 0 saturated carbocycles. The molecule has 0 amide bonds. The normalized spacial score (nSPS) is 9.75. The number of hydrogen-bond donors (Lipinski definition) is 0. The largest absolute Gasteiger partial charge is 0.402 e. The standard InChI is InChI=1S/C27H22.8C6H6.C5H6F6.C5H12.4C2H6O.4C2H6/c1-19-11-15-21(16-12-19)27(22-17-13-20(2)14-18-22)25-9-5-3-7-23(25)24-8-4-6-10-26(24)27;8*1-2-4-6-5-3-1;1-3(2,4(6,7)8)5(9,10)11;1-5(2,3)4;4*1-3-2;4*1-2/h3-18H,1-2H3;8*1-6H;1-2H3;1-4H3;4*1-2H3;4*1-2H3. The van der Waals surface area contributed by atoms with Gasteiger partial charge in [0.15, 0.2) is 5.41 Å². The quantitative estimate of drug-likeness (QED) is 0.162. The van der Waals surface area contributed by atoms with Gasteiger partial charge in [0, 0.05) is 56.9 Å². The predicted octanol–water partition coefficient (Wildman–Crippen LogP) is 30.5. The lowest BCUT2D eigenvalue weighted by molar-refractivity contribution is -0.327. The Morgan fingerprint density at radius 2 is 0.324 bits per heavy atom. The van der Waals surface area contributed by atoms with Gasteiger partial charge in [-0.15, -0.1) is 0 Å². The van der Waals surface area contributed by atoms with Crippen molar-refractivity contribution in [1.29, 1.82) is 0 Å². The van der Waals surface area contributed by atoms with Crippen molar-refractivity contribution in [3.8, 4) is 11.1 Å². The highest BCUT2D eigenvalue weighted by molar-refractivity contribution is 5.86. The molecule has 1 aliphatic carbocycles. The molecule has 4 nitrogen and oxygen atoms in total. The molecule has 0 aromatic heterocycles. The van der Waals surface area contributed by atoms with Gasteiger partial charge < -0.3 is 18.9 Å². The van der Waals surface area contributed by atoms with E-state index in [9.17, 15) is 26.3 Å². The number of benzene rings is 12. The first-order valence-electron chi connectivity index (χ1n) is 37.4. The molecule has 0 fully saturated rings. The lowest BCUT2D eigenvalue weighted by Gasteiger charge is -2.34. The van der Waals surface area contributed by atoms with Crippen LogP contribution < -0.4 is 0 Å². The Morgan fingerprint density at radius 1 is 0.207 bits per heavy atom. The van der Waals surface area contributed by atoms with E-state index in [2.05, 4.69) is 158 Å². The highest BCUT2D eigenvalue weighted by Gasteiger charge is 2.64. The zero-order valence-corrected chi connectivity index (χ0v) is 71.4. The summed E-state index contributed by atoms with van der Waals surface area (Å²) in [5.41, 5.74) is 7.27. The molecular weight excluding hydrogens is 1390 g/mol. The van der Waals surface area contributed by atoms with Crippen LogP contribution in [0.15, 0.2) is 388 Å². The van der Waals surface area contributed by atoms with E-state index in [0.717, 1.165) is 0 Å². The Labute approximate surface area is 670 Å². The highest BCUT2D eigenvalue weighted by Crippen LogP contribution is 2.56. The molecule has 12 aromatic carbocycles. The van der Waals surface area contributed by atoms with Crippen molar-refractivity contribution in [3.05, 3.63) is 422 Å². The van der Waals surface area contributed by atoms with Crippen LogP contribution in [0.4, 0.5) is 26.3 Å². The molecule has 606 valence electrons. The lowest BCUT2D eigenvalue weighted by Crippen LogP contribution is -2.44. The number of rotatable bonds is 2. The lowest BCUT2D eigenvalue weighted by atomic mass is 9.67. The Balaban J connectivity index is -0.000000282. The summed E-state index contributed by atoms with van der Waals surface area (Å²) in [6, 6.07) is 132. The average molecular weight is 1530 g/mol. The summed E-state index contributed by atoms with van der Waals surface area (Å²) < 4.78 is 86.7. The first-order chi connectivity index (χ1) is 53.4. The Hall–Kier alpha value is -9.94. The SMILES string of the molecule is CC.CC.CC.CC.CC(C)(C(F)(F)F)C(F)(F)F.CC(C)(C)C.COC.COC.COC.COC.Cc1ccc(C2(c3ccc(C)cc3)c3ccccc3-c3ccccc32)cc1.c1ccccc1.c1ccccc1.c1ccccc1.c1ccccc1.c1ccccc1.c1ccccc1.c1ccccc1.c1ccccc1. The van der Waals surface area contributed by atoms with Crippen LogP contribution >= 0.6 is 0 Å². The van der Waals surface area contributed by atoms with Gasteiger partial charge in [0.1, 0.15) is 0 Å².